The quantitative estimate of drug-likeness (QED) is 0.647. The topological polar surface area (TPSA) is 60.7 Å². The predicted molar refractivity (Wildman–Crippen MR) is 68.8 cm³/mol. The lowest BCUT2D eigenvalue weighted by atomic mass is 9.71. The van der Waals surface area contributed by atoms with Gasteiger partial charge in [-0.1, -0.05) is 26.0 Å². The van der Waals surface area contributed by atoms with Crippen LogP contribution in [-0.4, -0.2) is 34.1 Å². The van der Waals surface area contributed by atoms with E-state index >= 15 is 0 Å². The molecule has 4 fully saturated rings. The summed E-state index contributed by atoms with van der Waals surface area (Å²) in [6.07, 6.45) is 7.26. The van der Waals surface area contributed by atoms with Gasteiger partial charge in [0.05, 0.1) is 13.2 Å². The predicted octanol–water partition coefficient (Wildman–Crippen LogP) is 1.33. The van der Waals surface area contributed by atoms with E-state index in [4.69, 9.17) is 10.2 Å². The minimum atomic E-state index is -1.46. The van der Waals surface area contributed by atoms with Gasteiger partial charge >= 0.3 is 0 Å². The summed E-state index contributed by atoms with van der Waals surface area (Å²) in [6, 6.07) is 0. The molecule has 0 saturated heterocycles. The fraction of sp³-hybridized carbons (Fsp3) is 0.867. The first-order chi connectivity index (χ1) is 8.41. The standard InChI is InChI=1S/C15H24O3/c1-13(4-3-5-15(18,8-16)9-17)10-6-11-12(7-10)14(11,13)2/h3,5,10-12,16-18H,4,6-9H2,1-2H3/b5-3+. The summed E-state index contributed by atoms with van der Waals surface area (Å²) < 4.78 is 0. The van der Waals surface area contributed by atoms with Crippen LogP contribution in [0.3, 0.4) is 0 Å². The van der Waals surface area contributed by atoms with E-state index in [0.29, 0.717) is 10.8 Å². The Morgan fingerprint density at radius 1 is 1.17 bits per heavy atom. The highest BCUT2D eigenvalue weighted by Crippen LogP contribution is 2.86. The second-order valence-corrected chi connectivity index (χ2v) is 7.11. The Hall–Kier alpha value is -0.380. The van der Waals surface area contributed by atoms with Crippen molar-refractivity contribution >= 4 is 0 Å². The Labute approximate surface area is 109 Å². The summed E-state index contributed by atoms with van der Waals surface area (Å²) in [5, 5.41) is 27.9. The third-order valence-corrected chi connectivity index (χ3v) is 6.64. The van der Waals surface area contributed by atoms with Crippen LogP contribution in [0, 0.1) is 28.6 Å². The normalized spacial score (nSPS) is 49.3. The van der Waals surface area contributed by atoms with Gasteiger partial charge in [-0.15, -0.1) is 0 Å². The summed E-state index contributed by atoms with van der Waals surface area (Å²) in [5.41, 5.74) is -0.592. The highest BCUT2D eigenvalue weighted by molar-refractivity contribution is 5.29. The highest BCUT2D eigenvalue weighted by atomic mass is 16.4. The van der Waals surface area contributed by atoms with Crippen LogP contribution < -0.4 is 0 Å². The molecule has 4 rings (SSSR count). The molecular weight excluding hydrogens is 228 g/mol. The van der Waals surface area contributed by atoms with Crippen LogP contribution in [0.25, 0.3) is 0 Å². The molecule has 3 nitrogen and oxygen atoms in total. The number of rotatable bonds is 5. The van der Waals surface area contributed by atoms with Gasteiger partial charge in [-0.05, 0) is 47.8 Å². The van der Waals surface area contributed by atoms with Crippen molar-refractivity contribution < 1.29 is 15.3 Å². The van der Waals surface area contributed by atoms with E-state index in [1.807, 2.05) is 6.08 Å². The van der Waals surface area contributed by atoms with Gasteiger partial charge in [-0.25, -0.2) is 0 Å². The molecule has 102 valence electrons. The Balaban J connectivity index is 1.70. The van der Waals surface area contributed by atoms with Gasteiger partial charge in [0, 0.05) is 0 Å². The van der Waals surface area contributed by atoms with Gasteiger partial charge in [-0.2, -0.15) is 0 Å². The first-order valence-corrected chi connectivity index (χ1v) is 7.03. The smallest absolute Gasteiger partial charge is 0.129 e. The Morgan fingerprint density at radius 3 is 2.11 bits per heavy atom. The molecular formula is C15H24O3. The van der Waals surface area contributed by atoms with Crippen LogP contribution >= 0.6 is 0 Å². The lowest BCUT2D eigenvalue weighted by Gasteiger charge is -2.33. The fourth-order valence-corrected chi connectivity index (χ4v) is 5.10. The molecule has 0 aromatic heterocycles. The van der Waals surface area contributed by atoms with Crippen molar-refractivity contribution in [3.63, 3.8) is 0 Å². The van der Waals surface area contributed by atoms with Gasteiger partial charge in [-0.3, -0.25) is 0 Å². The first kappa shape index (κ1) is 12.6. The molecule has 3 N–H and O–H groups in total. The maximum atomic E-state index is 9.82. The number of hydrogen-bond acceptors (Lipinski definition) is 3. The molecule has 0 heterocycles. The maximum Gasteiger partial charge on any atom is 0.129 e. The van der Waals surface area contributed by atoms with Crippen LogP contribution in [0.4, 0.5) is 0 Å². The van der Waals surface area contributed by atoms with Crippen LogP contribution in [0.5, 0.6) is 0 Å². The van der Waals surface area contributed by atoms with E-state index in [-0.39, 0.29) is 0 Å². The van der Waals surface area contributed by atoms with Gasteiger partial charge in [0.1, 0.15) is 5.60 Å². The lowest BCUT2D eigenvalue weighted by molar-refractivity contribution is -0.0174. The monoisotopic (exact) mass is 252 g/mol. The van der Waals surface area contributed by atoms with Crippen LogP contribution in [0.1, 0.15) is 33.1 Å². The molecule has 18 heavy (non-hydrogen) atoms. The minimum Gasteiger partial charge on any atom is -0.393 e. The number of aliphatic hydroxyl groups is 3. The maximum absolute atomic E-state index is 9.82. The van der Waals surface area contributed by atoms with Crippen molar-refractivity contribution in [1.29, 1.82) is 0 Å². The van der Waals surface area contributed by atoms with Crippen molar-refractivity contribution in [2.24, 2.45) is 28.6 Å². The molecule has 4 saturated carbocycles. The molecule has 3 atom stereocenters. The zero-order valence-corrected chi connectivity index (χ0v) is 11.3. The minimum absolute atomic E-state index is 0.352. The first-order valence-electron chi connectivity index (χ1n) is 7.03. The molecule has 4 bridgehead atoms. The third kappa shape index (κ3) is 1.30. The molecule has 0 aliphatic heterocycles. The van der Waals surface area contributed by atoms with Gasteiger partial charge in [0.2, 0.25) is 0 Å². The summed E-state index contributed by atoms with van der Waals surface area (Å²) in [6.45, 7) is 3.95. The average Bonchev–Trinajstić information content (AvgIpc) is 2.73. The lowest BCUT2D eigenvalue weighted by Crippen LogP contribution is -2.35. The van der Waals surface area contributed by atoms with E-state index in [0.717, 1.165) is 24.2 Å². The highest BCUT2D eigenvalue weighted by Gasteiger charge is 2.80. The van der Waals surface area contributed by atoms with E-state index in [1.54, 1.807) is 6.08 Å². The van der Waals surface area contributed by atoms with E-state index in [2.05, 4.69) is 13.8 Å². The molecule has 0 amide bonds. The second kappa shape index (κ2) is 3.59. The molecule has 0 aromatic carbocycles. The summed E-state index contributed by atoms with van der Waals surface area (Å²) in [4.78, 5) is 0. The molecule has 0 aromatic rings. The number of aliphatic hydroxyl groups excluding tert-OH is 2. The number of allylic oxidation sites excluding steroid dienone is 1. The van der Waals surface area contributed by atoms with Crippen molar-refractivity contribution in [2.45, 2.75) is 38.7 Å². The summed E-state index contributed by atoms with van der Waals surface area (Å²) in [5.74, 6) is 2.71. The zero-order valence-electron chi connectivity index (χ0n) is 11.3. The van der Waals surface area contributed by atoms with E-state index in [9.17, 15) is 5.11 Å². The molecule has 4 aliphatic carbocycles. The van der Waals surface area contributed by atoms with E-state index < -0.39 is 18.8 Å². The molecule has 3 heteroatoms. The molecule has 4 aliphatic rings. The largest absolute Gasteiger partial charge is 0.393 e. The van der Waals surface area contributed by atoms with Gasteiger partial charge < -0.3 is 15.3 Å². The van der Waals surface area contributed by atoms with Crippen LogP contribution in [-0.2, 0) is 0 Å². The Bertz CT molecular complexity index is 373. The van der Waals surface area contributed by atoms with Crippen LogP contribution in [0.15, 0.2) is 12.2 Å². The summed E-state index contributed by atoms with van der Waals surface area (Å²) in [7, 11) is 0. The SMILES string of the molecule is CC1(C/C=C/C(O)(CO)CO)C2CC3C(C2)C31C. The summed E-state index contributed by atoms with van der Waals surface area (Å²) >= 11 is 0. The van der Waals surface area contributed by atoms with E-state index in [1.165, 1.54) is 12.8 Å². The zero-order chi connectivity index (χ0) is 13.2. The second-order valence-electron chi connectivity index (χ2n) is 7.11. The average molecular weight is 252 g/mol. The van der Waals surface area contributed by atoms with Gasteiger partial charge in [0.15, 0.2) is 0 Å². The third-order valence-electron chi connectivity index (χ3n) is 6.64. The number of hydrogen-bond donors (Lipinski definition) is 3. The van der Waals surface area contributed by atoms with Crippen LogP contribution in [0.2, 0.25) is 0 Å². The fourth-order valence-electron chi connectivity index (χ4n) is 5.10. The Morgan fingerprint density at radius 2 is 1.72 bits per heavy atom. The van der Waals surface area contributed by atoms with Crippen molar-refractivity contribution in [3.05, 3.63) is 12.2 Å². The van der Waals surface area contributed by atoms with Crippen molar-refractivity contribution in [1.82, 2.24) is 0 Å². The van der Waals surface area contributed by atoms with Gasteiger partial charge in [0.25, 0.3) is 0 Å². The van der Waals surface area contributed by atoms with Crippen molar-refractivity contribution in [2.75, 3.05) is 13.2 Å². The van der Waals surface area contributed by atoms with Crippen molar-refractivity contribution in [3.8, 4) is 0 Å². The molecule has 3 unspecified atom stereocenters. The molecule has 0 spiro atoms. The molecule has 0 radical (unpaired) electrons. The Kier molecular flexibility index (Phi) is 2.52.